The van der Waals surface area contributed by atoms with E-state index in [4.69, 9.17) is 9.47 Å². The molecule has 0 atom stereocenters. The lowest BCUT2D eigenvalue weighted by molar-refractivity contribution is -0.142. The van der Waals surface area contributed by atoms with Crippen LogP contribution in [0.3, 0.4) is 0 Å². The molecule has 1 N–H and O–H groups in total. The van der Waals surface area contributed by atoms with E-state index in [2.05, 4.69) is 6.92 Å². The molecule has 0 bridgehead atoms. The number of aromatic hydroxyl groups is 1. The van der Waals surface area contributed by atoms with Crippen molar-refractivity contribution in [1.82, 2.24) is 0 Å². The Morgan fingerprint density at radius 1 is 1.33 bits per heavy atom. The fourth-order valence-corrected chi connectivity index (χ4v) is 1.59. The molecule has 4 heteroatoms. The van der Waals surface area contributed by atoms with Gasteiger partial charge in [-0.2, -0.15) is 0 Å². The number of carbonyl (C=O) groups is 1. The highest BCUT2D eigenvalue weighted by atomic mass is 16.5. The van der Waals surface area contributed by atoms with Crippen LogP contribution >= 0.6 is 0 Å². The van der Waals surface area contributed by atoms with Crippen molar-refractivity contribution in [3.63, 3.8) is 0 Å². The van der Waals surface area contributed by atoms with Crippen molar-refractivity contribution in [3.05, 3.63) is 23.8 Å². The molecule has 4 nitrogen and oxygen atoms in total. The number of hydrogen-bond donors (Lipinski definition) is 1. The van der Waals surface area contributed by atoms with Crippen molar-refractivity contribution in [2.45, 2.75) is 32.6 Å². The molecule has 0 saturated heterocycles. The Kier molecular flexibility index (Phi) is 6.05. The molecular weight excluding hydrogens is 232 g/mol. The molecule has 0 aliphatic carbocycles. The van der Waals surface area contributed by atoms with Crippen molar-refractivity contribution in [2.24, 2.45) is 0 Å². The monoisotopic (exact) mass is 252 g/mol. The molecule has 18 heavy (non-hydrogen) atoms. The molecule has 1 rings (SSSR count). The van der Waals surface area contributed by atoms with Crippen molar-refractivity contribution in [3.8, 4) is 11.5 Å². The van der Waals surface area contributed by atoms with Crippen LogP contribution in [0.25, 0.3) is 0 Å². The van der Waals surface area contributed by atoms with Gasteiger partial charge < -0.3 is 14.6 Å². The number of benzene rings is 1. The molecule has 0 fully saturated rings. The maximum atomic E-state index is 11.5. The minimum Gasteiger partial charge on any atom is -0.504 e. The summed E-state index contributed by atoms with van der Waals surface area (Å²) >= 11 is 0. The second-order valence-electron chi connectivity index (χ2n) is 4.11. The highest BCUT2D eigenvalue weighted by molar-refractivity contribution is 5.72. The Labute approximate surface area is 108 Å². The third kappa shape index (κ3) is 4.65. The number of phenols is 1. The van der Waals surface area contributed by atoms with Gasteiger partial charge >= 0.3 is 5.97 Å². The minimum absolute atomic E-state index is 0.0672. The van der Waals surface area contributed by atoms with Crippen LogP contribution < -0.4 is 4.74 Å². The first-order valence-electron chi connectivity index (χ1n) is 6.19. The fourth-order valence-electron chi connectivity index (χ4n) is 1.59. The van der Waals surface area contributed by atoms with Gasteiger partial charge in [0.05, 0.1) is 20.1 Å². The van der Waals surface area contributed by atoms with E-state index in [0.717, 1.165) is 24.8 Å². The van der Waals surface area contributed by atoms with E-state index in [1.54, 1.807) is 12.1 Å². The molecule has 0 radical (unpaired) electrons. The van der Waals surface area contributed by atoms with Gasteiger partial charge in [0.2, 0.25) is 0 Å². The Bertz CT molecular complexity index is 387. The molecule has 0 aromatic heterocycles. The van der Waals surface area contributed by atoms with Gasteiger partial charge in [0, 0.05) is 0 Å². The molecular formula is C14H20O4. The largest absolute Gasteiger partial charge is 0.504 e. The molecule has 0 saturated carbocycles. The van der Waals surface area contributed by atoms with Crippen molar-refractivity contribution in [1.29, 1.82) is 0 Å². The molecule has 0 amide bonds. The summed E-state index contributed by atoms with van der Waals surface area (Å²) in [5, 5.41) is 9.43. The summed E-state index contributed by atoms with van der Waals surface area (Å²) in [6, 6.07) is 4.84. The molecule has 0 spiro atoms. The molecule has 100 valence electrons. The van der Waals surface area contributed by atoms with Crippen molar-refractivity contribution >= 4 is 5.97 Å². The smallest absolute Gasteiger partial charge is 0.310 e. The molecule has 0 heterocycles. The van der Waals surface area contributed by atoms with E-state index in [1.807, 2.05) is 0 Å². The maximum Gasteiger partial charge on any atom is 0.310 e. The molecule has 0 aliphatic heterocycles. The first-order chi connectivity index (χ1) is 8.67. The normalized spacial score (nSPS) is 10.1. The number of hydrogen-bond acceptors (Lipinski definition) is 4. The third-order valence-electron chi connectivity index (χ3n) is 2.60. The zero-order valence-electron chi connectivity index (χ0n) is 10.9. The topological polar surface area (TPSA) is 55.8 Å². The number of rotatable bonds is 7. The molecule has 0 unspecified atom stereocenters. The lowest BCUT2D eigenvalue weighted by atomic mass is 10.1. The summed E-state index contributed by atoms with van der Waals surface area (Å²) in [5.41, 5.74) is 0.769. The number of methoxy groups -OCH3 is 1. The van der Waals surface area contributed by atoms with Gasteiger partial charge in [0.15, 0.2) is 11.5 Å². The van der Waals surface area contributed by atoms with E-state index >= 15 is 0 Å². The van der Waals surface area contributed by atoms with Crippen LogP contribution in [0, 0.1) is 0 Å². The van der Waals surface area contributed by atoms with Crippen molar-refractivity contribution < 1.29 is 19.4 Å². The predicted molar refractivity (Wildman–Crippen MR) is 68.8 cm³/mol. The second-order valence-corrected chi connectivity index (χ2v) is 4.11. The van der Waals surface area contributed by atoms with Crippen LogP contribution in [0.2, 0.25) is 0 Å². The van der Waals surface area contributed by atoms with Gasteiger partial charge in [-0.3, -0.25) is 4.79 Å². The second kappa shape index (κ2) is 7.58. The number of carbonyl (C=O) groups excluding carboxylic acids is 1. The van der Waals surface area contributed by atoms with E-state index in [0.29, 0.717) is 12.4 Å². The van der Waals surface area contributed by atoms with Crippen LogP contribution in [0.1, 0.15) is 31.7 Å². The van der Waals surface area contributed by atoms with Gasteiger partial charge in [-0.25, -0.2) is 0 Å². The first kappa shape index (κ1) is 14.4. The van der Waals surface area contributed by atoms with Gasteiger partial charge in [-0.15, -0.1) is 0 Å². The Hall–Kier alpha value is -1.71. The number of phenolic OH excluding ortho intramolecular Hbond substituents is 1. The third-order valence-corrected chi connectivity index (χ3v) is 2.60. The minimum atomic E-state index is -0.251. The van der Waals surface area contributed by atoms with E-state index < -0.39 is 0 Å². The maximum absolute atomic E-state index is 11.5. The molecule has 1 aromatic rings. The van der Waals surface area contributed by atoms with Crippen LogP contribution in [-0.2, 0) is 16.0 Å². The summed E-state index contributed by atoms with van der Waals surface area (Å²) in [6.45, 7) is 2.58. The van der Waals surface area contributed by atoms with Crippen LogP contribution in [0.15, 0.2) is 18.2 Å². The predicted octanol–water partition coefficient (Wildman–Crippen LogP) is 2.68. The van der Waals surface area contributed by atoms with Gasteiger partial charge in [-0.1, -0.05) is 25.8 Å². The van der Waals surface area contributed by atoms with Crippen LogP contribution in [0.5, 0.6) is 11.5 Å². The average Bonchev–Trinajstić information content (AvgIpc) is 2.37. The summed E-state index contributed by atoms with van der Waals surface area (Å²) < 4.78 is 10.1. The Morgan fingerprint density at radius 3 is 2.78 bits per heavy atom. The zero-order chi connectivity index (χ0) is 13.4. The summed E-state index contributed by atoms with van der Waals surface area (Å²) in [4.78, 5) is 11.5. The summed E-state index contributed by atoms with van der Waals surface area (Å²) in [6.07, 6.45) is 3.27. The van der Waals surface area contributed by atoms with E-state index in [1.165, 1.54) is 13.2 Å². The summed E-state index contributed by atoms with van der Waals surface area (Å²) in [5.74, 6) is 0.183. The standard InChI is InChI=1S/C14H20O4/c1-3-4-5-8-18-14(16)10-11-6-7-12(15)13(9-11)17-2/h6-7,9,15H,3-5,8,10H2,1-2H3. The molecule has 1 aromatic carbocycles. The lowest BCUT2D eigenvalue weighted by Gasteiger charge is -2.07. The van der Waals surface area contributed by atoms with E-state index in [-0.39, 0.29) is 18.1 Å². The van der Waals surface area contributed by atoms with E-state index in [9.17, 15) is 9.90 Å². The van der Waals surface area contributed by atoms with Crippen molar-refractivity contribution in [2.75, 3.05) is 13.7 Å². The quantitative estimate of drug-likeness (QED) is 0.598. The van der Waals surface area contributed by atoms with Crippen LogP contribution in [-0.4, -0.2) is 24.8 Å². The fraction of sp³-hybridized carbons (Fsp3) is 0.500. The molecule has 0 aliphatic rings. The summed E-state index contributed by atoms with van der Waals surface area (Å²) in [7, 11) is 1.47. The number of ether oxygens (including phenoxy) is 2. The van der Waals surface area contributed by atoms with Gasteiger partial charge in [-0.05, 0) is 24.1 Å². The lowest BCUT2D eigenvalue weighted by Crippen LogP contribution is -2.09. The Balaban J connectivity index is 2.44. The van der Waals surface area contributed by atoms with Crippen LogP contribution in [0.4, 0.5) is 0 Å². The average molecular weight is 252 g/mol. The number of unbranched alkanes of at least 4 members (excludes halogenated alkanes) is 2. The highest BCUT2D eigenvalue weighted by Crippen LogP contribution is 2.26. The highest BCUT2D eigenvalue weighted by Gasteiger charge is 2.08. The van der Waals surface area contributed by atoms with Gasteiger partial charge in [0.1, 0.15) is 0 Å². The SMILES string of the molecule is CCCCCOC(=O)Cc1ccc(O)c(OC)c1. The Morgan fingerprint density at radius 2 is 2.11 bits per heavy atom. The zero-order valence-corrected chi connectivity index (χ0v) is 10.9. The first-order valence-corrected chi connectivity index (χ1v) is 6.19. The van der Waals surface area contributed by atoms with Gasteiger partial charge in [0.25, 0.3) is 0 Å². The number of esters is 1.